The van der Waals surface area contributed by atoms with E-state index in [-0.39, 0.29) is 11.1 Å². The first-order valence-corrected chi connectivity index (χ1v) is 4.88. The van der Waals surface area contributed by atoms with Gasteiger partial charge in [-0.25, -0.2) is 4.39 Å². The van der Waals surface area contributed by atoms with Crippen LogP contribution in [-0.2, 0) is 0 Å². The Bertz CT molecular complexity index is 304. The smallest absolute Gasteiger partial charge is 0.142 e. The van der Waals surface area contributed by atoms with E-state index in [1.165, 1.54) is 12.1 Å². The second kappa shape index (κ2) is 5.29. The zero-order valence-corrected chi connectivity index (χ0v) is 8.81. The van der Waals surface area contributed by atoms with E-state index in [1.807, 2.05) is 7.05 Å². The molecular formula is C10H14ClFN2. The molecule has 0 fully saturated rings. The van der Waals surface area contributed by atoms with Crippen LogP contribution in [0.25, 0.3) is 0 Å². The van der Waals surface area contributed by atoms with E-state index >= 15 is 0 Å². The summed E-state index contributed by atoms with van der Waals surface area (Å²) in [5, 5.41) is 3.13. The van der Waals surface area contributed by atoms with Crippen LogP contribution in [0.5, 0.6) is 0 Å². The van der Waals surface area contributed by atoms with Gasteiger partial charge in [-0.3, -0.25) is 0 Å². The molecule has 0 heterocycles. The van der Waals surface area contributed by atoms with Gasteiger partial charge in [0.15, 0.2) is 0 Å². The lowest BCUT2D eigenvalue weighted by molar-refractivity contribution is 0.596. The van der Waals surface area contributed by atoms with Crippen molar-refractivity contribution in [3.05, 3.63) is 34.6 Å². The lowest BCUT2D eigenvalue weighted by Crippen LogP contribution is -2.18. The summed E-state index contributed by atoms with van der Waals surface area (Å²) in [5.74, 6) is -0.413. The predicted molar refractivity (Wildman–Crippen MR) is 56.9 cm³/mol. The summed E-state index contributed by atoms with van der Waals surface area (Å²) in [4.78, 5) is 0. The van der Waals surface area contributed by atoms with Gasteiger partial charge in [0.25, 0.3) is 0 Å². The van der Waals surface area contributed by atoms with Crippen LogP contribution in [-0.4, -0.2) is 13.6 Å². The van der Waals surface area contributed by atoms with Crippen LogP contribution in [0, 0.1) is 5.82 Å². The Morgan fingerprint density at radius 2 is 2.29 bits per heavy atom. The quantitative estimate of drug-likeness (QED) is 0.809. The highest BCUT2D eigenvalue weighted by Crippen LogP contribution is 2.20. The van der Waals surface area contributed by atoms with Gasteiger partial charge in [-0.1, -0.05) is 17.7 Å². The van der Waals surface area contributed by atoms with E-state index in [2.05, 4.69) is 5.32 Å². The minimum atomic E-state index is -0.413. The minimum absolute atomic E-state index is 0.134. The van der Waals surface area contributed by atoms with Crippen molar-refractivity contribution in [2.75, 3.05) is 13.6 Å². The summed E-state index contributed by atoms with van der Waals surface area (Å²) in [6, 6.07) is 4.54. The SMILES string of the molecule is CNCCC(N)c1ccc(Cl)c(F)c1. The molecule has 0 amide bonds. The number of nitrogens with one attached hydrogen (secondary N) is 1. The maximum absolute atomic E-state index is 13.1. The molecule has 1 atom stereocenters. The van der Waals surface area contributed by atoms with Gasteiger partial charge < -0.3 is 11.1 Å². The van der Waals surface area contributed by atoms with Crippen molar-refractivity contribution in [1.29, 1.82) is 0 Å². The van der Waals surface area contributed by atoms with Gasteiger partial charge in [0.1, 0.15) is 5.82 Å². The number of hydrogen-bond acceptors (Lipinski definition) is 2. The Hall–Kier alpha value is -0.640. The molecule has 0 saturated heterocycles. The summed E-state index contributed by atoms with van der Waals surface area (Å²) >= 11 is 5.56. The van der Waals surface area contributed by atoms with Crippen molar-refractivity contribution in [3.63, 3.8) is 0 Å². The summed E-state index contributed by atoms with van der Waals surface area (Å²) in [7, 11) is 1.86. The Morgan fingerprint density at radius 3 is 2.86 bits per heavy atom. The maximum Gasteiger partial charge on any atom is 0.142 e. The van der Waals surface area contributed by atoms with E-state index in [0.717, 1.165) is 18.5 Å². The van der Waals surface area contributed by atoms with Crippen LogP contribution >= 0.6 is 11.6 Å². The third kappa shape index (κ3) is 2.94. The lowest BCUT2D eigenvalue weighted by atomic mass is 10.0. The minimum Gasteiger partial charge on any atom is -0.324 e. The topological polar surface area (TPSA) is 38.0 Å². The average Bonchev–Trinajstić information content (AvgIpc) is 2.18. The molecule has 0 bridgehead atoms. The van der Waals surface area contributed by atoms with Crippen LogP contribution < -0.4 is 11.1 Å². The van der Waals surface area contributed by atoms with Crippen molar-refractivity contribution in [1.82, 2.24) is 5.32 Å². The Morgan fingerprint density at radius 1 is 1.57 bits per heavy atom. The molecule has 78 valence electrons. The maximum atomic E-state index is 13.1. The zero-order valence-electron chi connectivity index (χ0n) is 8.06. The highest BCUT2D eigenvalue weighted by atomic mass is 35.5. The zero-order chi connectivity index (χ0) is 10.6. The largest absolute Gasteiger partial charge is 0.324 e. The standard InChI is InChI=1S/C10H14ClFN2/c1-14-5-4-10(13)7-2-3-8(11)9(12)6-7/h2-3,6,10,14H,4-5,13H2,1H3. The predicted octanol–water partition coefficient (Wildman–Crippen LogP) is 2.09. The molecule has 3 N–H and O–H groups in total. The molecule has 2 nitrogen and oxygen atoms in total. The van der Waals surface area contributed by atoms with E-state index in [0.29, 0.717) is 0 Å². The van der Waals surface area contributed by atoms with Gasteiger partial charge in [-0.05, 0) is 37.7 Å². The monoisotopic (exact) mass is 216 g/mol. The highest BCUT2D eigenvalue weighted by molar-refractivity contribution is 6.30. The molecule has 1 unspecified atom stereocenters. The van der Waals surface area contributed by atoms with Crippen LogP contribution in [0.4, 0.5) is 4.39 Å². The van der Waals surface area contributed by atoms with Crippen molar-refractivity contribution >= 4 is 11.6 Å². The van der Waals surface area contributed by atoms with Gasteiger partial charge in [0.05, 0.1) is 5.02 Å². The van der Waals surface area contributed by atoms with Gasteiger partial charge in [0, 0.05) is 6.04 Å². The molecule has 0 saturated carbocycles. The van der Waals surface area contributed by atoms with Crippen LogP contribution in [0.2, 0.25) is 5.02 Å². The van der Waals surface area contributed by atoms with E-state index in [4.69, 9.17) is 17.3 Å². The van der Waals surface area contributed by atoms with Crippen molar-refractivity contribution in [3.8, 4) is 0 Å². The molecule has 0 spiro atoms. The first-order chi connectivity index (χ1) is 6.65. The van der Waals surface area contributed by atoms with Crippen LogP contribution in [0.1, 0.15) is 18.0 Å². The number of benzene rings is 1. The first-order valence-electron chi connectivity index (χ1n) is 4.50. The van der Waals surface area contributed by atoms with Crippen molar-refractivity contribution in [2.45, 2.75) is 12.5 Å². The molecule has 0 aromatic heterocycles. The fourth-order valence-corrected chi connectivity index (χ4v) is 1.33. The summed E-state index contributed by atoms with van der Waals surface area (Å²) < 4.78 is 13.1. The molecule has 0 radical (unpaired) electrons. The molecule has 4 heteroatoms. The van der Waals surface area contributed by atoms with E-state index in [1.54, 1.807) is 6.07 Å². The lowest BCUT2D eigenvalue weighted by Gasteiger charge is -2.11. The van der Waals surface area contributed by atoms with Crippen molar-refractivity contribution in [2.24, 2.45) is 5.73 Å². The Balaban J connectivity index is 2.70. The average molecular weight is 217 g/mol. The number of nitrogens with two attached hydrogens (primary N) is 1. The summed E-state index contributed by atoms with van der Waals surface area (Å²) in [6.07, 6.45) is 0.775. The molecule has 0 aliphatic rings. The molecule has 14 heavy (non-hydrogen) atoms. The molecule has 0 aliphatic carbocycles. The fraction of sp³-hybridized carbons (Fsp3) is 0.400. The van der Waals surface area contributed by atoms with Crippen LogP contribution in [0.3, 0.4) is 0 Å². The second-order valence-corrected chi connectivity index (χ2v) is 3.58. The summed E-state index contributed by atoms with van der Waals surface area (Å²) in [5.41, 5.74) is 6.63. The van der Waals surface area contributed by atoms with Gasteiger partial charge in [-0.2, -0.15) is 0 Å². The molecule has 1 aromatic carbocycles. The fourth-order valence-electron chi connectivity index (χ4n) is 1.21. The van der Waals surface area contributed by atoms with Gasteiger partial charge >= 0.3 is 0 Å². The Labute approximate surface area is 88.2 Å². The van der Waals surface area contributed by atoms with Crippen molar-refractivity contribution < 1.29 is 4.39 Å². The number of hydrogen-bond donors (Lipinski definition) is 2. The second-order valence-electron chi connectivity index (χ2n) is 3.17. The first kappa shape index (κ1) is 11.4. The molecule has 1 rings (SSSR count). The van der Waals surface area contributed by atoms with Gasteiger partial charge in [0.2, 0.25) is 0 Å². The highest BCUT2D eigenvalue weighted by Gasteiger charge is 2.07. The third-order valence-electron chi connectivity index (χ3n) is 2.08. The van der Waals surface area contributed by atoms with Crippen LogP contribution in [0.15, 0.2) is 18.2 Å². The normalized spacial score (nSPS) is 12.9. The van der Waals surface area contributed by atoms with Gasteiger partial charge in [-0.15, -0.1) is 0 Å². The third-order valence-corrected chi connectivity index (χ3v) is 2.38. The van der Waals surface area contributed by atoms with E-state index < -0.39 is 5.82 Å². The Kier molecular flexibility index (Phi) is 4.32. The molecule has 1 aromatic rings. The number of halogens is 2. The molecular weight excluding hydrogens is 203 g/mol. The summed E-state index contributed by atoms with van der Waals surface area (Å²) in [6.45, 7) is 0.811. The number of rotatable bonds is 4. The molecule has 0 aliphatic heterocycles. The van der Waals surface area contributed by atoms with E-state index in [9.17, 15) is 4.39 Å².